The zero-order valence-electron chi connectivity index (χ0n) is 17.2. The third-order valence-corrected chi connectivity index (χ3v) is 4.84. The number of allylic oxidation sites excluding steroid dienone is 4. The highest BCUT2D eigenvalue weighted by molar-refractivity contribution is 6.14. The smallest absolute Gasteiger partial charge is 0.334 e. The fourth-order valence-corrected chi connectivity index (χ4v) is 2.86. The minimum absolute atomic E-state index is 0.00273. The van der Waals surface area contributed by atoms with Crippen molar-refractivity contribution in [3.05, 3.63) is 34.6 Å². The van der Waals surface area contributed by atoms with Crippen LogP contribution in [0.4, 0.5) is 0 Å². The first-order chi connectivity index (χ1) is 12.2. The number of esters is 1. The van der Waals surface area contributed by atoms with Crippen LogP contribution in [0.3, 0.4) is 0 Å². The topological polar surface area (TPSA) is 68.1 Å². The van der Waals surface area contributed by atoms with Gasteiger partial charge in [-0.2, -0.15) is 0 Å². The minimum atomic E-state index is -0.346. The number of methoxy groups -OCH3 is 1. The van der Waals surface area contributed by atoms with E-state index in [2.05, 4.69) is 32.9 Å². The fraction of sp³-hybridized carbons (Fsp3) is 0.619. The van der Waals surface area contributed by atoms with Crippen molar-refractivity contribution in [2.24, 2.45) is 16.5 Å². The molecule has 0 saturated heterocycles. The molecule has 0 bridgehead atoms. The third-order valence-electron chi connectivity index (χ3n) is 4.84. The molecule has 0 unspecified atom stereocenters. The van der Waals surface area contributed by atoms with Gasteiger partial charge < -0.3 is 14.7 Å². The number of nitrogens with zero attached hydrogens (tertiary/aromatic N) is 1. The van der Waals surface area contributed by atoms with Crippen molar-refractivity contribution in [3.8, 4) is 0 Å². The highest BCUT2D eigenvalue weighted by Gasteiger charge is 2.34. The summed E-state index contributed by atoms with van der Waals surface area (Å²) in [5, 5.41) is 13.1. The second-order valence-corrected chi connectivity index (χ2v) is 7.77. The molecule has 1 rings (SSSR count). The minimum Gasteiger partial charge on any atom is -0.494 e. The molecule has 0 aromatic heterocycles. The first-order valence-corrected chi connectivity index (χ1v) is 9.21. The molecule has 0 spiro atoms. The van der Waals surface area contributed by atoms with Crippen molar-refractivity contribution >= 4 is 11.7 Å². The quantitative estimate of drug-likeness (QED) is 0.172. The number of hydrogen-bond acceptors (Lipinski definition) is 5. The summed E-state index contributed by atoms with van der Waals surface area (Å²) >= 11 is 0. The van der Waals surface area contributed by atoms with Crippen LogP contribution in [0, 0.1) is 11.3 Å². The number of oxime groups is 1. The van der Waals surface area contributed by atoms with Crippen molar-refractivity contribution in [3.63, 3.8) is 0 Å². The van der Waals surface area contributed by atoms with Crippen molar-refractivity contribution in [2.45, 2.75) is 60.8 Å². The van der Waals surface area contributed by atoms with Crippen LogP contribution in [0.25, 0.3) is 0 Å². The summed E-state index contributed by atoms with van der Waals surface area (Å²) in [7, 11) is 1.53. The second kappa shape index (κ2) is 9.60. The molecule has 0 aliphatic heterocycles. The van der Waals surface area contributed by atoms with Gasteiger partial charge in [-0.05, 0) is 56.1 Å². The van der Waals surface area contributed by atoms with E-state index < -0.39 is 0 Å². The molecule has 0 atom stereocenters. The molecule has 5 nitrogen and oxygen atoms in total. The molecule has 0 saturated carbocycles. The molecular weight excluding hydrogens is 330 g/mol. The molecule has 1 N–H and O–H groups in total. The van der Waals surface area contributed by atoms with E-state index in [4.69, 9.17) is 9.47 Å². The van der Waals surface area contributed by atoms with Gasteiger partial charge in [0.25, 0.3) is 0 Å². The molecule has 1 aliphatic carbocycles. The normalized spacial score (nSPS) is 19.0. The summed E-state index contributed by atoms with van der Waals surface area (Å²) in [4.78, 5) is 12.5. The van der Waals surface area contributed by atoms with Gasteiger partial charge in [0, 0.05) is 5.57 Å². The molecule has 0 aromatic rings. The standard InChI is InChI=1S/C21H33NO4/c1-8-26-20(23)17-13-21(5,6)12-11-16(17)19(22-24)18(25-7)10-9-15(4)14(2)3/h9-10,14,24H,8,11-13H2,1-7H3/b15-9+,18-10+,22-19+. The molecule has 0 amide bonds. The Hall–Kier alpha value is -2.04. The maximum absolute atomic E-state index is 12.5. The monoisotopic (exact) mass is 363 g/mol. The molecule has 26 heavy (non-hydrogen) atoms. The van der Waals surface area contributed by atoms with Crippen LogP contribution in [0.1, 0.15) is 60.8 Å². The van der Waals surface area contributed by atoms with Crippen molar-refractivity contribution < 1.29 is 19.5 Å². The Morgan fingerprint density at radius 1 is 1.31 bits per heavy atom. The molecule has 0 aromatic carbocycles. The molecule has 0 radical (unpaired) electrons. The Morgan fingerprint density at radius 2 is 1.96 bits per heavy atom. The van der Waals surface area contributed by atoms with Gasteiger partial charge in [-0.3, -0.25) is 0 Å². The van der Waals surface area contributed by atoms with Gasteiger partial charge in [-0.1, -0.05) is 44.5 Å². The Labute approximate surface area is 157 Å². The van der Waals surface area contributed by atoms with E-state index >= 15 is 0 Å². The number of carbonyl (C=O) groups excluding carboxylic acids is 1. The Morgan fingerprint density at radius 3 is 2.46 bits per heavy atom. The molecule has 0 heterocycles. The summed E-state index contributed by atoms with van der Waals surface area (Å²) in [5.41, 5.74) is 2.76. The SMILES string of the molecule is CCOC(=O)C1=C(C(=N\O)/C(=C\C=C(/C)C(C)C)OC)CCC(C)(C)C1. The van der Waals surface area contributed by atoms with Gasteiger partial charge in [-0.15, -0.1) is 0 Å². The lowest BCUT2D eigenvalue weighted by molar-refractivity contribution is -0.139. The van der Waals surface area contributed by atoms with E-state index in [-0.39, 0.29) is 11.4 Å². The zero-order chi connectivity index (χ0) is 19.9. The lowest BCUT2D eigenvalue weighted by Gasteiger charge is -2.32. The van der Waals surface area contributed by atoms with Crippen LogP contribution in [-0.4, -0.2) is 30.6 Å². The average Bonchev–Trinajstić information content (AvgIpc) is 2.58. The highest BCUT2D eigenvalue weighted by Crippen LogP contribution is 2.40. The summed E-state index contributed by atoms with van der Waals surface area (Å²) < 4.78 is 10.7. The maximum Gasteiger partial charge on any atom is 0.334 e. The van der Waals surface area contributed by atoms with Gasteiger partial charge in [0.1, 0.15) is 11.5 Å². The molecular formula is C21H33NO4. The molecule has 5 heteroatoms. The summed E-state index contributed by atoms with van der Waals surface area (Å²) in [6.45, 7) is 12.6. The predicted octanol–water partition coefficient (Wildman–Crippen LogP) is 5.02. The average molecular weight is 363 g/mol. The maximum atomic E-state index is 12.5. The molecule has 1 aliphatic rings. The Kier molecular flexibility index (Phi) is 8.12. The van der Waals surface area contributed by atoms with E-state index in [0.717, 1.165) is 6.42 Å². The Bertz CT molecular complexity index is 636. The number of ether oxygens (including phenoxy) is 2. The lowest BCUT2D eigenvalue weighted by Crippen LogP contribution is -2.27. The second-order valence-electron chi connectivity index (χ2n) is 7.77. The van der Waals surface area contributed by atoms with Crippen LogP contribution in [0.2, 0.25) is 0 Å². The van der Waals surface area contributed by atoms with Crippen LogP contribution < -0.4 is 0 Å². The fourth-order valence-electron chi connectivity index (χ4n) is 2.86. The van der Waals surface area contributed by atoms with Crippen LogP contribution in [-0.2, 0) is 14.3 Å². The van der Waals surface area contributed by atoms with Gasteiger partial charge >= 0.3 is 5.97 Å². The van der Waals surface area contributed by atoms with Gasteiger partial charge in [0.2, 0.25) is 0 Å². The number of rotatable bonds is 7. The van der Waals surface area contributed by atoms with Crippen LogP contribution in [0.5, 0.6) is 0 Å². The highest BCUT2D eigenvalue weighted by atomic mass is 16.5. The van der Waals surface area contributed by atoms with Gasteiger partial charge in [0.15, 0.2) is 0 Å². The summed E-state index contributed by atoms with van der Waals surface area (Å²) in [5.74, 6) is 0.494. The van der Waals surface area contributed by atoms with Crippen molar-refractivity contribution in [1.82, 2.24) is 0 Å². The number of hydrogen-bond donors (Lipinski definition) is 1. The van der Waals surface area contributed by atoms with Crippen LogP contribution >= 0.6 is 0 Å². The first-order valence-electron chi connectivity index (χ1n) is 9.21. The first kappa shape index (κ1) is 22.0. The van der Waals surface area contributed by atoms with E-state index in [1.165, 1.54) is 12.7 Å². The lowest BCUT2D eigenvalue weighted by atomic mass is 9.73. The third kappa shape index (κ3) is 5.75. The van der Waals surface area contributed by atoms with E-state index in [0.29, 0.717) is 48.0 Å². The Balaban J connectivity index is 3.39. The van der Waals surface area contributed by atoms with E-state index in [1.807, 2.05) is 13.0 Å². The van der Waals surface area contributed by atoms with Crippen molar-refractivity contribution in [1.29, 1.82) is 0 Å². The number of carbonyl (C=O) groups is 1. The van der Waals surface area contributed by atoms with E-state index in [1.54, 1.807) is 13.0 Å². The molecule has 0 fully saturated rings. The largest absolute Gasteiger partial charge is 0.494 e. The predicted molar refractivity (Wildman–Crippen MR) is 104 cm³/mol. The van der Waals surface area contributed by atoms with Crippen LogP contribution in [0.15, 0.2) is 39.8 Å². The zero-order valence-corrected chi connectivity index (χ0v) is 17.2. The summed E-state index contributed by atoms with van der Waals surface area (Å²) in [6, 6.07) is 0. The van der Waals surface area contributed by atoms with E-state index in [9.17, 15) is 10.0 Å². The van der Waals surface area contributed by atoms with Crippen molar-refractivity contribution in [2.75, 3.05) is 13.7 Å². The van der Waals surface area contributed by atoms with Gasteiger partial charge in [0.05, 0.1) is 13.7 Å². The summed E-state index contributed by atoms with van der Waals surface area (Å²) in [6.07, 6.45) is 5.85. The van der Waals surface area contributed by atoms with Gasteiger partial charge in [-0.25, -0.2) is 4.79 Å². The molecule has 146 valence electrons.